The number of nitrogens with one attached hydrogen (secondary N) is 1. The zero-order valence-corrected chi connectivity index (χ0v) is 13.5. The van der Waals surface area contributed by atoms with E-state index in [2.05, 4.69) is 20.2 Å². The van der Waals surface area contributed by atoms with Gasteiger partial charge in [-0.1, -0.05) is 0 Å². The molecule has 122 valence electrons. The smallest absolute Gasteiger partial charge is 0.275 e. The predicted octanol–water partition coefficient (Wildman–Crippen LogP) is 1.13. The number of nitrogens with two attached hydrogens (primary N) is 1. The summed E-state index contributed by atoms with van der Waals surface area (Å²) in [7, 11) is 0. The van der Waals surface area contributed by atoms with Gasteiger partial charge in [-0.3, -0.25) is 4.79 Å². The van der Waals surface area contributed by atoms with Crippen LogP contribution in [0, 0.1) is 0 Å². The highest BCUT2D eigenvalue weighted by Crippen LogP contribution is 2.17. The Morgan fingerprint density at radius 3 is 2.91 bits per heavy atom. The fourth-order valence-electron chi connectivity index (χ4n) is 2.29. The Labute approximate surface area is 138 Å². The third kappa shape index (κ3) is 4.04. The first kappa shape index (κ1) is 15.9. The first-order chi connectivity index (χ1) is 11.3. The Morgan fingerprint density at radius 2 is 2.22 bits per heavy atom. The van der Waals surface area contributed by atoms with Crippen LogP contribution in [0.15, 0.2) is 23.7 Å². The maximum absolute atomic E-state index is 12.2. The molecule has 0 bridgehead atoms. The van der Waals surface area contributed by atoms with Gasteiger partial charge in [-0.2, -0.15) is 0 Å². The van der Waals surface area contributed by atoms with Gasteiger partial charge in [0.1, 0.15) is 11.5 Å². The number of carbonyl (C=O) groups excluding carboxylic acids is 1. The van der Waals surface area contributed by atoms with Crippen molar-refractivity contribution >= 4 is 28.7 Å². The second kappa shape index (κ2) is 7.49. The summed E-state index contributed by atoms with van der Waals surface area (Å²) in [5.41, 5.74) is 6.56. The third-order valence-corrected chi connectivity index (χ3v) is 4.39. The van der Waals surface area contributed by atoms with E-state index in [1.54, 1.807) is 11.6 Å². The number of thiazole rings is 1. The van der Waals surface area contributed by atoms with E-state index in [1.807, 2.05) is 12.1 Å². The van der Waals surface area contributed by atoms with Crippen LogP contribution in [0.5, 0.6) is 0 Å². The van der Waals surface area contributed by atoms with E-state index in [0.29, 0.717) is 24.3 Å². The molecule has 2 aromatic rings. The molecule has 1 saturated heterocycles. The highest BCUT2D eigenvalue weighted by atomic mass is 32.1. The quantitative estimate of drug-likeness (QED) is 0.852. The van der Waals surface area contributed by atoms with E-state index in [-0.39, 0.29) is 5.91 Å². The van der Waals surface area contributed by atoms with E-state index >= 15 is 0 Å². The molecule has 7 nitrogen and oxygen atoms in total. The molecule has 0 spiro atoms. The van der Waals surface area contributed by atoms with Crippen molar-refractivity contribution < 1.29 is 9.53 Å². The van der Waals surface area contributed by atoms with Crippen LogP contribution in [0.3, 0.4) is 0 Å². The molecule has 8 heteroatoms. The molecule has 0 saturated carbocycles. The summed E-state index contributed by atoms with van der Waals surface area (Å²) in [6.07, 6.45) is 2.35. The highest BCUT2D eigenvalue weighted by molar-refractivity contribution is 7.09. The molecule has 0 aromatic carbocycles. The molecular formula is C15H19N5O2S. The topological polar surface area (TPSA) is 93.4 Å². The first-order valence-corrected chi connectivity index (χ1v) is 8.39. The number of ether oxygens (including phenoxy) is 1. The Kier molecular flexibility index (Phi) is 5.16. The Morgan fingerprint density at radius 1 is 1.39 bits per heavy atom. The van der Waals surface area contributed by atoms with Crippen molar-refractivity contribution in [1.82, 2.24) is 9.97 Å². The summed E-state index contributed by atoms with van der Waals surface area (Å²) in [5.74, 6) is 0.663. The van der Waals surface area contributed by atoms with Gasteiger partial charge in [0, 0.05) is 24.9 Å². The highest BCUT2D eigenvalue weighted by Gasteiger charge is 2.14. The normalized spacial score (nSPS) is 14.7. The largest absolute Gasteiger partial charge is 0.378 e. The Balaban J connectivity index is 1.61. The number of aromatic nitrogens is 2. The van der Waals surface area contributed by atoms with Crippen molar-refractivity contribution in [2.45, 2.75) is 6.42 Å². The van der Waals surface area contributed by atoms with Crippen LogP contribution in [-0.4, -0.2) is 48.7 Å². The molecule has 0 unspecified atom stereocenters. The van der Waals surface area contributed by atoms with Gasteiger partial charge in [0.2, 0.25) is 0 Å². The van der Waals surface area contributed by atoms with Crippen molar-refractivity contribution in [3.05, 3.63) is 34.4 Å². The molecule has 3 rings (SSSR count). The van der Waals surface area contributed by atoms with E-state index in [4.69, 9.17) is 10.5 Å². The molecular weight excluding hydrogens is 314 g/mol. The lowest BCUT2D eigenvalue weighted by Gasteiger charge is -2.27. The fraction of sp³-hybridized carbons (Fsp3) is 0.400. The van der Waals surface area contributed by atoms with Crippen molar-refractivity contribution in [2.24, 2.45) is 5.73 Å². The van der Waals surface area contributed by atoms with Gasteiger partial charge in [-0.05, 0) is 18.7 Å². The van der Waals surface area contributed by atoms with Crippen molar-refractivity contribution in [3.63, 3.8) is 0 Å². The summed E-state index contributed by atoms with van der Waals surface area (Å²) in [4.78, 5) is 23.0. The summed E-state index contributed by atoms with van der Waals surface area (Å²) < 4.78 is 5.33. The van der Waals surface area contributed by atoms with E-state index in [0.717, 1.165) is 37.1 Å². The molecule has 23 heavy (non-hydrogen) atoms. The number of morpholine rings is 1. The minimum atomic E-state index is -0.231. The summed E-state index contributed by atoms with van der Waals surface area (Å²) in [6, 6.07) is 3.75. The second-order valence-electron chi connectivity index (χ2n) is 5.12. The van der Waals surface area contributed by atoms with Crippen LogP contribution in [0.4, 0.5) is 11.5 Å². The molecule has 3 heterocycles. The molecule has 1 fully saturated rings. The summed E-state index contributed by atoms with van der Waals surface area (Å²) >= 11 is 1.45. The van der Waals surface area contributed by atoms with Gasteiger partial charge in [0.05, 0.1) is 30.1 Å². The van der Waals surface area contributed by atoms with E-state index in [9.17, 15) is 4.79 Å². The number of pyridine rings is 1. The first-order valence-electron chi connectivity index (χ1n) is 7.51. The minimum absolute atomic E-state index is 0.231. The number of anilines is 2. The fourth-order valence-corrected chi connectivity index (χ4v) is 3.08. The van der Waals surface area contributed by atoms with Crippen LogP contribution in [0.2, 0.25) is 0 Å². The van der Waals surface area contributed by atoms with Crippen LogP contribution in [-0.2, 0) is 11.2 Å². The molecule has 1 aliphatic rings. The SMILES string of the molecule is NCCc1nc(C(=O)Nc2ccc(N3CCOCC3)nc2)cs1. The van der Waals surface area contributed by atoms with Crippen LogP contribution >= 0.6 is 11.3 Å². The van der Waals surface area contributed by atoms with Crippen LogP contribution in [0.1, 0.15) is 15.5 Å². The van der Waals surface area contributed by atoms with Gasteiger partial charge in [-0.15, -0.1) is 11.3 Å². The molecule has 0 aliphatic carbocycles. The number of rotatable bonds is 5. The molecule has 1 aliphatic heterocycles. The third-order valence-electron chi connectivity index (χ3n) is 3.48. The molecule has 3 N–H and O–H groups in total. The van der Waals surface area contributed by atoms with E-state index in [1.165, 1.54) is 11.3 Å². The van der Waals surface area contributed by atoms with E-state index < -0.39 is 0 Å². The molecule has 1 amide bonds. The number of amides is 1. The average molecular weight is 333 g/mol. The number of carbonyl (C=O) groups is 1. The van der Waals surface area contributed by atoms with Gasteiger partial charge in [-0.25, -0.2) is 9.97 Å². The lowest BCUT2D eigenvalue weighted by atomic mass is 10.3. The predicted molar refractivity (Wildman–Crippen MR) is 90.1 cm³/mol. The van der Waals surface area contributed by atoms with Crippen molar-refractivity contribution in [3.8, 4) is 0 Å². The molecule has 0 radical (unpaired) electrons. The maximum Gasteiger partial charge on any atom is 0.275 e. The van der Waals surface area contributed by atoms with Gasteiger partial charge < -0.3 is 20.7 Å². The van der Waals surface area contributed by atoms with Crippen LogP contribution < -0.4 is 16.0 Å². The second-order valence-corrected chi connectivity index (χ2v) is 6.07. The molecule has 0 atom stereocenters. The van der Waals surface area contributed by atoms with Gasteiger partial charge in [0.25, 0.3) is 5.91 Å². The maximum atomic E-state index is 12.2. The lowest BCUT2D eigenvalue weighted by molar-refractivity contribution is 0.102. The van der Waals surface area contributed by atoms with Crippen LogP contribution in [0.25, 0.3) is 0 Å². The minimum Gasteiger partial charge on any atom is -0.378 e. The Bertz CT molecular complexity index is 652. The number of hydrogen-bond acceptors (Lipinski definition) is 7. The number of nitrogens with zero attached hydrogens (tertiary/aromatic N) is 3. The summed E-state index contributed by atoms with van der Waals surface area (Å²) in [6.45, 7) is 3.63. The number of hydrogen-bond donors (Lipinski definition) is 2. The van der Waals surface area contributed by atoms with Gasteiger partial charge in [0.15, 0.2) is 0 Å². The zero-order valence-electron chi connectivity index (χ0n) is 12.7. The average Bonchev–Trinajstić information content (AvgIpc) is 3.06. The lowest BCUT2D eigenvalue weighted by Crippen LogP contribution is -2.36. The summed E-state index contributed by atoms with van der Waals surface area (Å²) in [5, 5.41) is 5.43. The standard InChI is InChI=1S/C15H19N5O2S/c16-4-3-14-19-12(10-23-14)15(21)18-11-1-2-13(17-9-11)20-5-7-22-8-6-20/h1-2,9-10H,3-8,16H2,(H,18,21). The Hall–Kier alpha value is -2.03. The molecule has 2 aromatic heterocycles. The zero-order chi connectivity index (χ0) is 16.1. The monoisotopic (exact) mass is 333 g/mol. The van der Waals surface area contributed by atoms with Crippen molar-refractivity contribution in [1.29, 1.82) is 0 Å². The van der Waals surface area contributed by atoms with Crippen molar-refractivity contribution in [2.75, 3.05) is 43.1 Å². The van der Waals surface area contributed by atoms with Gasteiger partial charge >= 0.3 is 0 Å².